The Morgan fingerprint density at radius 1 is 0.312 bits per heavy atom. The van der Waals surface area contributed by atoms with Gasteiger partial charge in [0.1, 0.15) is 80.8 Å². The van der Waals surface area contributed by atoms with Crippen molar-refractivity contribution in [1.82, 2.24) is 29.9 Å². The average molecular weight is 1160 g/mol. The summed E-state index contributed by atoms with van der Waals surface area (Å²) in [7, 11) is -1.30. The third-order valence-electron chi connectivity index (χ3n) is 10.3. The van der Waals surface area contributed by atoms with Crippen molar-refractivity contribution in [2.24, 2.45) is 0 Å². The number of rotatable bonds is 55. The van der Waals surface area contributed by atoms with Crippen LogP contribution in [0.2, 0.25) is 38.3 Å². The highest BCUT2D eigenvalue weighted by atomic mass is 28.4. The van der Waals surface area contributed by atoms with Gasteiger partial charge in [0.15, 0.2) is 16.6 Å². The lowest BCUT2D eigenvalue weighted by atomic mass is 10.5. The first-order valence-corrected chi connectivity index (χ1v) is 32.4. The smallest absolute Gasteiger partial charge is 0.235 e. The number of anilines is 6. The molecular formula is C53H92N12O13Si2. The maximum atomic E-state index is 7.03. The van der Waals surface area contributed by atoms with Gasteiger partial charge < -0.3 is 61.0 Å². The van der Waals surface area contributed by atoms with Gasteiger partial charge >= 0.3 is 0 Å². The van der Waals surface area contributed by atoms with Gasteiger partial charge in [0.2, 0.25) is 35.7 Å². The molecule has 0 saturated carbocycles. The van der Waals surface area contributed by atoms with Gasteiger partial charge in [-0.15, -0.1) is 52.6 Å². The van der Waals surface area contributed by atoms with Crippen LogP contribution in [0.1, 0.15) is 6.42 Å². The molecule has 0 N–H and O–H groups in total. The maximum absolute atomic E-state index is 7.03. The number of nitrogens with zero attached hydrogens (tertiary/aromatic N) is 12. The average Bonchev–Trinajstić information content (AvgIpc) is 3.43. The van der Waals surface area contributed by atoms with Crippen molar-refractivity contribution in [3.63, 3.8) is 0 Å². The maximum Gasteiger partial charge on any atom is 0.235 e. The van der Waals surface area contributed by atoms with Crippen molar-refractivity contribution >= 4 is 52.3 Å². The van der Waals surface area contributed by atoms with Crippen molar-refractivity contribution in [3.05, 3.63) is 101 Å². The quantitative estimate of drug-likeness (QED) is 0.0286. The standard InChI is InChI=1S/C53H92N12O13Si2/c1-15-24-68-38-60(36-66-9)48-54-50(62(40-70-26-17-3)41-71-27-18-4)58-52(56-48)64(44-74-30-21-7)46-76-32-23-34-79(11,12)78-80(13,14)35-33-77-47-65(45-75-31-22-8)53-57-49(61(37-67-10)39-69-25-16-2)55-51(59-53)63(42-72-28-19-5)43-73-29-20-6/h15-22H,1-8,23-47H2,9-14H3. The van der Waals surface area contributed by atoms with Gasteiger partial charge in [0, 0.05) is 27.4 Å². The van der Waals surface area contributed by atoms with Crippen molar-refractivity contribution in [2.45, 2.75) is 44.7 Å². The molecule has 0 saturated heterocycles. The first-order chi connectivity index (χ1) is 38.8. The van der Waals surface area contributed by atoms with Crippen molar-refractivity contribution < 1.29 is 61.0 Å². The SMILES string of the molecule is C=CCOCN(COC)c1nc(N(COCC=C)COCC=C)nc(N(COCC=C)COCCC[Si](C)(C)O[Si](C)(C)CCOCN(COCC=C)c2nc(N(COC)COCC=C)nc(N(COCC=C)COCC=C)n2)n1. The Labute approximate surface area is 477 Å². The molecule has 0 fully saturated rings. The molecule has 2 aromatic heterocycles. The van der Waals surface area contributed by atoms with Gasteiger partial charge in [-0.2, -0.15) is 29.9 Å². The Hall–Kier alpha value is -5.35. The highest BCUT2D eigenvalue weighted by Gasteiger charge is 2.33. The number of hydrogen-bond donors (Lipinski definition) is 0. The third kappa shape index (κ3) is 29.9. The van der Waals surface area contributed by atoms with E-state index >= 15 is 0 Å². The predicted octanol–water partition coefficient (Wildman–Crippen LogP) is 6.85. The summed E-state index contributed by atoms with van der Waals surface area (Å²) in [5.74, 6) is 1.65. The first-order valence-electron chi connectivity index (χ1n) is 26.1. The molecule has 0 spiro atoms. The second-order valence-electron chi connectivity index (χ2n) is 18.4. The largest absolute Gasteiger partial charge is 0.455 e. The number of hydrogen-bond acceptors (Lipinski definition) is 25. The van der Waals surface area contributed by atoms with E-state index in [4.69, 9.17) is 90.9 Å². The molecule has 0 aromatic carbocycles. The summed E-state index contributed by atoms with van der Waals surface area (Å²) >= 11 is 0. The van der Waals surface area contributed by atoms with Crippen LogP contribution in [0.3, 0.4) is 0 Å². The molecule has 0 aliphatic heterocycles. The van der Waals surface area contributed by atoms with Crippen LogP contribution in [-0.4, -0.2) is 208 Å². The summed E-state index contributed by atoms with van der Waals surface area (Å²) in [6.07, 6.45) is 14.0. The van der Waals surface area contributed by atoms with Crippen LogP contribution in [0.15, 0.2) is 101 Å². The van der Waals surface area contributed by atoms with Gasteiger partial charge in [0.25, 0.3) is 0 Å². The molecule has 0 unspecified atom stereocenters. The van der Waals surface area contributed by atoms with Crippen LogP contribution in [0.25, 0.3) is 0 Å². The van der Waals surface area contributed by atoms with E-state index in [-0.39, 0.29) is 130 Å². The molecule has 0 bridgehead atoms. The summed E-state index contributed by atoms with van der Waals surface area (Å²) in [6.45, 7) is 43.5. The van der Waals surface area contributed by atoms with Crippen molar-refractivity contribution in [3.8, 4) is 0 Å². The monoisotopic (exact) mass is 1160 g/mol. The molecule has 2 aromatic rings. The van der Waals surface area contributed by atoms with E-state index in [0.29, 0.717) is 52.9 Å². The van der Waals surface area contributed by atoms with E-state index < -0.39 is 16.6 Å². The van der Waals surface area contributed by atoms with Crippen LogP contribution in [-0.2, 0) is 61.0 Å². The summed E-state index contributed by atoms with van der Waals surface area (Å²) in [5.41, 5.74) is 0. The van der Waals surface area contributed by atoms with E-state index in [1.54, 1.807) is 92.2 Å². The fourth-order valence-corrected chi connectivity index (χ4v) is 15.3. The molecule has 450 valence electrons. The normalized spacial score (nSPS) is 11.4. The second kappa shape index (κ2) is 43.4. The number of aromatic nitrogens is 6. The Kier molecular flexibility index (Phi) is 38.4. The van der Waals surface area contributed by atoms with Crippen LogP contribution < -0.4 is 29.4 Å². The zero-order valence-electron chi connectivity index (χ0n) is 48.6. The predicted molar refractivity (Wildman–Crippen MR) is 318 cm³/mol. The lowest BCUT2D eigenvalue weighted by Gasteiger charge is -2.34. The van der Waals surface area contributed by atoms with Crippen LogP contribution in [0.5, 0.6) is 0 Å². The Balaban J connectivity index is 2.29. The Morgan fingerprint density at radius 3 is 0.762 bits per heavy atom. The first kappa shape index (κ1) is 70.8. The number of ether oxygens (including phenoxy) is 12. The Bertz CT molecular complexity index is 2040. The molecule has 0 aliphatic carbocycles. The minimum Gasteiger partial charge on any atom is -0.455 e. The zero-order valence-corrected chi connectivity index (χ0v) is 50.6. The highest BCUT2D eigenvalue weighted by Crippen LogP contribution is 2.25. The molecule has 2 heterocycles. The van der Waals surface area contributed by atoms with Gasteiger partial charge in [-0.25, -0.2) is 0 Å². The van der Waals surface area contributed by atoms with E-state index in [2.05, 4.69) is 78.8 Å². The Morgan fingerprint density at radius 2 is 0.525 bits per heavy atom. The van der Waals surface area contributed by atoms with Gasteiger partial charge in [0.05, 0.1) is 52.9 Å². The highest BCUT2D eigenvalue weighted by molar-refractivity contribution is 6.84. The zero-order chi connectivity index (χ0) is 58.7. The molecule has 25 nitrogen and oxygen atoms in total. The summed E-state index contributed by atoms with van der Waals surface area (Å²) in [4.78, 5) is 39.5. The number of methoxy groups -OCH3 is 2. The van der Waals surface area contributed by atoms with E-state index in [9.17, 15) is 0 Å². The van der Waals surface area contributed by atoms with Crippen LogP contribution in [0.4, 0.5) is 35.7 Å². The minimum absolute atomic E-state index is 0.0812. The molecule has 0 amide bonds. The van der Waals surface area contributed by atoms with E-state index in [0.717, 1.165) is 18.5 Å². The molecule has 80 heavy (non-hydrogen) atoms. The molecule has 27 heteroatoms. The minimum atomic E-state index is -2.26. The summed E-state index contributed by atoms with van der Waals surface area (Å²) in [5, 5.41) is 0. The fourth-order valence-electron chi connectivity index (χ4n) is 6.85. The van der Waals surface area contributed by atoms with Crippen LogP contribution in [0, 0.1) is 0 Å². The molecule has 2 rings (SSSR count). The fraction of sp³-hybridized carbons (Fsp3) is 0.585. The molecule has 0 radical (unpaired) electrons. The van der Waals surface area contributed by atoms with Gasteiger partial charge in [-0.05, 0) is 44.7 Å². The van der Waals surface area contributed by atoms with Crippen LogP contribution >= 0.6 is 0 Å². The van der Waals surface area contributed by atoms with Crippen molar-refractivity contribution in [1.29, 1.82) is 0 Å². The summed E-state index contributed by atoms with van der Waals surface area (Å²) < 4.78 is 77.5. The van der Waals surface area contributed by atoms with Gasteiger partial charge in [-0.3, -0.25) is 29.4 Å². The van der Waals surface area contributed by atoms with Crippen molar-refractivity contribution in [2.75, 3.05) is 190 Å². The second-order valence-corrected chi connectivity index (χ2v) is 27.3. The third-order valence-corrected chi connectivity index (χ3v) is 17.7. The molecule has 0 atom stereocenters. The summed E-state index contributed by atoms with van der Waals surface area (Å²) in [6, 6.07) is 1.58. The van der Waals surface area contributed by atoms with E-state index in [1.165, 1.54) is 0 Å². The molecule has 0 aliphatic rings. The molecular weight excluding hydrogens is 1070 g/mol. The lowest BCUT2D eigenvalue weighted by Crippen LogP contribution is -2.45. The topological polar surface area (TPSA) is 217 Å². The van der Waals surface area contributed by atoms with E-state index in [1.807, 2.05) is 0 Å². The van der Waals surface area contributed by atoms with Gasteiger partial charge in [-0.1, -0.05) is 48.6 Å². The lowest BCUT2D eigenvalue weighted by molar-refractivity contribution is 0.0932.